The molecule has 0 aromatic heterocycles. The summed E-state index contributed by atoms with van der Waals surface area (Å²) in [4.78, 5) is 0. The molecule has 110 valence electrons. The Labute approximate surface area is 133 Å². The molecule has 4 rings (SSSR count). The van der Waals surface area contributed by atoms with E-state index in [-0.39, 0.29) is 0 Å². The van der Waals surface area contributed by atoms with Crippen LogP contribution >= 0.6 is 0 Å². The second-order valence-electron chi connectivity index (χ2n) is 6.58. The fourth-order valence-corrected chi connectivity index (χ4v) is 3.93. The smallest absolute Gasteiger partial charge is 0.00853 e. The van der Waals surface area contributed by atoms with Crippen LogP contribution in [0.2, 0.25) is 0 Å². The molecule has 0 amide bonds. The summed E-state index contributed by atoms with van der Waals surface area (Å²) in [7, 11) is 0. The van der Waals surface area contributed by atoms with E-state index in [0.717, 1.165) is 25.7 Å². The minimum Gasteiger partial charge on any atom is -0.0795 e. The third kappa shape index (κ3) is 2.14. The van der Waals surface area contributed by atoms with Gasteiger partial charge < -0.3 is 0 Å². The number of hydrogen-bond donors (Lipinski definition) is 0. The van der Waals surface area contributed by atoms with Crippen LogP contribution in [-0.4, -0.2) is 0 Å². The largest absolute Gasteiger partial charge is 0.0795 e. The molecule has 0 atom stereocenters. The van der Waals surface area contributed by atoms with E-state index in [1.807, 2.05) is 0 Å². The summed E-state index contributed by atoms with van der Waals surface area (Å²) in [6.45, 7) is 4.44. The Morgan fingerprint density at radius 1 is 0.682 bits per heavy atom. The van der Waals surface area contributed by atoms with E-state index in [1.165, 1.54) is 33.4 Å². The number of allylic oxidation sites excluding steroid dienone is 2. The molecule has 2 aromatic carbocycles. The van der Waals surface area contributed by atoms with E-state index in [0.29, 0.717) is 0 Å². The molecule has 0 fully saturated rings. The minimum atomic E-state index is 1.11. The molecule has 0 unspecified atom stereocenters. The van der Waals surface area contributed by atoms with Crippen LogP contribution < -0.4 is 0 Å². The molecule has 2 aliphatic rings. The van der Waals surface area contributed by atoms with Crippen molar-refractivity contribution in [3.05, 3.63) is 80.9 Å². The van der Waals surface area contributed by atoms with Crippen molar-refractivity contribution in [2.75, 3.05) is 0 Å². The number of aryl methyl sites for hydroxylation is 4. The van der Waals surface area contributed by atoms with Crippen molar-refractivity contribution < 1.29 is 0 Å². The SMILES string of the molecule is Cc1ccc(CCc2ccc(C)c3c2CC=C3)c2c1C=CC2. The summed E-state index contributed by atoms with van der Waals surface area (Å²) in [5.74, 6) is 0. The molecule has 22 heavy (non-hydrogen) atoms. The summed E-state index contributed by atoms with van der Waals surface area (Å²) >= 11 is 0. The first kappa shape index (κ1) is 13.6. The van der Waals surface area contributed by atoms with Gasteiger partial charge in [0, 0.05) is 0 Å². The van der Waals surface area contributed by atoms with Gasteiger partial charge >= 0.3 is 0 Å². The third-order valence-corrected chi connectivity index (χ3v) is 5.22. The van der Waals surface area contributed by atoms with Gasteiger partial charge in [0.1, 0.15) is 0 Å². The summed E-state index contributed by atoms with van der Waals surface area (Å²) in [6.07, 6.45) is 13.7. The molecule has 2 aromatic rings. The van der Waals surface area contributed by atoms with Gasteiger partial charge in [0.25, 0.3) is 0 Å². The average molecular weight is 286 g/mol. The summed E-state index contributed by atoms with van der Waals surface area (Å²) in [5, 5.41) is 0. The molecule has 0 nitrogen and oxygen atoms in total. The molecule has 0 N–H and O–H groups in total. The summed E-state index contributed by atoms with van der Waals surface area (Å²) in [5.41, 5.74) is 11.9. The molecule has 0 bridgehead atoms. The van der Waals surface area contributed by atoms with Crippen molar-refractivity contribution in [3.63, 3.8) is 0 Å². The van der Waals surface area contributed by atoms with Gasteiger partial charge in [-0.25, -0.2) is 0 Å². The molecule has 0 aliphatic heterocycles. The molecule has 0 saturated carbocycles. The van der Waals surface area contributed by atoms with Gasteiger partial charge in [-0.3, -0.25) is 0 Å². The number of fused-ring (bicyclic) bond motifs is 2. The predicted molar refractivity (Wildman–Crippen MR) is 95.2 cm³/mol. The lowest BCUT2D eigenvalue weighted by Gasteiger charge is -2.14. The molecular formula is C22H22. The van der Waals surface area contributed by atoms with Crippen molar-refractivity contribution in [3.8, 4) is 0 Å². The predicted octanol–water partition coefficient (Wildman–Crippen LogP) is 5.23. The average Bonchev–Trinajstić information content (AvgIpc) is 3.18. The van der Waals surface area contributed by atoms with Crippen molar-refractivity contribution >= 4 is 12.2 Å². The first-order chi connectivity index (χ1) is 10.7. The maximum absolute atomic E-state index is 2.34. The standard InChI is InChI=1S/C22H22/c1-15-9-11-17(21-7-3-5-19(15)21)13-14-18-12-10-16(2)20-6-4-8-22(18)20/h3-6,9-12H,7-8,13-14H2,1-2H3. The van der Waals surface area contributed by atoms with E-state index >= 15 is 0 Å². The second kappa shape index (κ2) is 5.28. The van der Waals surface area contributed by atoms with Gasteiger partial charge in [0.2, 0.25) is 0 Å². The van der Waals surface area contributed by atoms with Crippen molar-refractivity contribution in [1.29, 1.82) is 0 Å². The maximum Gasteiger partial charge on any atom is -0.00853 e. The van der Waals surface area contributed by atoms with E-state index in [4.69, 9.17) is 0 Å². The van der Waals surface area contributed by atoms with Crippen LogP contribution in [-0.2, 0) is 25.7 Å². The lowest BCUT2D eigenvalue weighted by Crippen LogP contribution is -2.01. The first-order valence-corrected chi connectivity index (χ1v) is 8.30. The maximum atomic E-state index is 2.34. The molecule has 0 heteroatoms. The van der Waals surface area contributed by atoms with Crippen molar-refractivity contribution in [1.82, 2.24) is 0 Å². The van der Waals surface area contributed by atoms with Gasteiger partial charge in [0.15, 0.2) is 0 Å². The van der Waals surface area contributed by atoms with E-state index in [1.54, 1.807) is 11.1 Å². The highest BCUT2D eigenvalue weighted by Gasteiger charge is 2.15. The van der Waals surface area contributed by atoms with E-state index in [2.05, 4.69) is 62.4 Å². The van der Waals surface area contributed by atoms with Gasteiger partial charge in [0.05, 0.1) is 0 Å². The highest BCUT2D eigenvalue weighted by Crippen LogP contribution is 2.30. The Morgan fingerprint density at radius 2 is 1.14 bits per heavy atom. The monoisotopic (exact) mass is 286 g/mol. The Bertz CT molecular complexity index is 734. The van der Waals surface area contributed by atoms with Crippen LogP contribution in [0.1, 0.15) is 44.5 Å². The van der Waals surface area contributed by atoms with Gasteiger partial charge in [-0.1, -0.05) is 48.6 Å². The number of benzene rings is 2. The zero-order chi connectivity index (χ0) is 15.1. The van der Waals surface area contributed by atoms with Crippen LogP contribution in [0.3, 0.4) is 0 Å². The number of rotatable bonds is 3. The first-order valence-electron chi connectivity index (χ1n) is 8.30. The zero-order valence-corrected chi connectivity index (χ0v) is 13.4. The highest BCUT2D eigenvalue weighted by molar-refractivity contribution is 5.66. The Morgan fingerprint density at radius 3 is 1.59 bits per heavy atom. The third-order valence-electron chi connectivity index (χ3n) is 5.22. The zero-order valence-electron chi connectivity index (χ0n) is 13.4. The second-order valence-corrected chi connectivity index (χ2v) is 6.58. The Balaban J connectivity index is 1.61. The van der Waals surface area contributed by atoms with Gasteiger partial charge in [-0.15, -0.1) is 0 Å². The molecule has 0 radical (unpaired) electrons. The Kier molecular flexibility index (Phi) is 3.26. The quantitative estimate of drug-likeness (QED) is 0.725. The van der Waals surface area contributed by atoms with Crippen molar-refractivity contribution in [2.24, 2.45) is 0 Å². The lowest BCUT2D eigenvalue weighted by atomic mass is 9.91. The molecule has 0 saturated heterocycles. The van der Waals surface area contributed by atoms with Crippen LogP contribution in [0.4, 0.5) is 0 Å². The topological polar surface area (TPSA) is 0 Å². The highest BCUT2D eigenvalue weighted by atomic mass is 14.2. The lowest BCUT2D eigenvalue weighted by molar-refractivity contribution is 0.925. The van der Waals surface area contributed by atoms with E-state index < -0.39 is 0 Å². The van der Waals surface area contributed by atoms with Crippen LogP contribution in [0, 0.1) is 13.8 Å². The van der Waals surface area contributed by atoms with Gasteiger partial charge in [-0.05, 0) is 84.0 Å². The summed E-state index contributed by atoms with van der Waals surface area (Å²) in [6, 6.07) is 9.25. The molecule has 2 aliphatic carbocycles. The number of hydrogen-bond acceptors (Lipinski definition) is 0. The molecular weight excluding hydrogens is 264 g/mol. The fourth-order valence-electron chi connectivity index (χ4n) is 3.93. The van der Waals surface area contributed by atoms with E-state index in [9.17, 15) is 0 Å². The molecule has 0 spiro atoms. The minimum absolute atomic E-state index is 1.11. The van der Waals surface area contributed by atoms with Crippen LogP contribution in [0.15, 0.2) is 36.4 Å². The van der Waals surface area contributed by atoms with Crippen LogP contribution in [0.25, 0.3) is 12.2 Å². The fraction of sp³-hybridized carbons (Fsp3) is 0.273. The normalized spacial score (nSPS) is 14.5. The van der Waals surface area contributed by atoms with Crippen molar-refractivity contribution in [2.45, 2.75) is 39.5 Å². The van der Waals surface area contributed by atoms with Crippen LogP contribution in [0.5, 0.6) is 0 Å². The van der Waals surface area contributed by atoms with Gasteiger partial charge in [-0.2, -0.15) is 0 Å². The molecule has 0 heterocycles. The Hall–Kier alpha value is -2.08. The summed E-state index contributed by atoms with van der Waals surface area (Å²) < 4.78 is 0.